The molecule has 0 bridgehead atoms. The average molecular weight is 155 g/mol. The van der Waals surface area contributed by atoms with Gasteiger partial charge in [-0.3, -0.25) is 4.79 Å². The van der Waals surface area contributed by atoms with Crippen LogP contribution in [0, 0.1) is 0 Å². The maximum atomic E-state index is 11.3. The number of hydrogen-bond donors (Lipinski definition) is 0. The Morgan fingerprint density at radius 1 is 1.73 bits per heavy atom. The summed E-state index contributed by atoms with van der Waals surface area (Å²) in [5.74, 6) is 0.268. The molecule has 2 aliphatic heterocycles. The Kier molecular flexibility index (Phi) is 1.42. The van der Waals surface area contributed by atoms with Gasteiger partial charge >= 0.3 is 0 Å². The Hall–Kier alpha value is -0.570. The maximum absolute atomic E-state index is 11.3. The second kappa shape index (κ2) is 2.21. The van der Waals surface area contributed by atoms with E-state index in [1.54, 1.807) is 0 Å². The highest BCUT2D eigenvalue weighted by atomic mass is 16.5. The molecular weight excluding hydrogens is 142 g/mol. The lowest BCUT2D eigenvalue weighted by molar-refractivity contribution is -0.136. The first-order valence-corrected chi connectivity index (χ1v) is 4.23. The molecule has 0 aromatic rings. The Labute approximate surface area is 66.3 Å². The molecular formula is C8H13NO2. The second-order valence-corrected chi connectivity index (χ2v) is 3.19. The Bertz CT molecular complexity index is 193. The van der Waals surface area contributed by atoms with Gasteiger partial charge in [-0.15, -0.1) is 0 Å². The Morgan fingerprint density at radius 2 is 2.55 bits per heavy atom. The van der Waals surface area contributed by atoms with Gasteiger partial charge in [-0.2, -0.15) is 0 Å². The summed E-state index contributed by atoms with van der Waals surface area (Å²) in [6, 6.07) is 0. The molecule has 0 aliphatic carbocycles. The van der Waals surface area contributed by atoms with Crippen LogP contribution in [0.4, 0.5) is 0 Å². The molecule has 2 heterocycles. The zero-order valence-corrected chi connectivity index (χ0v) is 6.80. The minimum Gasteiger partial charge on any atom is -0.354 e. The van der Waals surface area contributed by atoms with Crippen molar-refractivity contribution in [3.8, 4) is 0 Å². The van der Waals surface area contributed by atoms with Crippen molar-refractivity contribution in [3.63, 3.8) is 0 Å². The van der Waals surface area contributed by atoms with Crippen molar-refractivity contribution in [1.82, 2.24) is 4.90 Å². The molecule has 0 aromatic carbocycles. The number of ether oxygens (including phenoxy) is 1. The summed E-state index contributed by atoms with van der Waals surface area (Å²) in [7, 11) is 0. The zero-order valence-electron chi connectivity index (χ0n) is 6.80. The number of rotatable bonds is 1. The van der Waals surface area contributed by atoms with E-state index in [0.29, 0.717) is 6.42 Å². The molecule has 0 radical (unpaired) electrons. The molecule has 3 heteroatoms. The van der Waals surface area contributed by atoms with Gasteiger partial charge in [0.25, 0.3) is 0 Å². The standard InChI is InChI=1S/C8H13NO2/c1-2-8-4-3-7(10)9(8)5-6-11-8/h2-6H2,1H3. The van der Waals surface area contributed by atoms with E-state index in [1.807, 2.05) is 4.90 Å². The number of carbonyl (C=O) groups excluding carboxylic acids is 1. The van der Waals surface area contributed by atoms with E-state index in [9.17, 15) is 4.79 Å². The van der Waals surface area contributed by atoms with Gasteiger partial charge in [-0.05, 0) is 6.42 Å². The second-order valence-electron chi connectivity index (χ2n) is 3.19. The first-order valence-electron chi connectivity index (χ1n) is 4.23. The van der Waals surface area contributed by atoms with Crippen LogP contribution in [0.1, 0.15) is 26.2 Å². The minimum absolute atomic E-state index is 0.197. The van der Waals surface area contributed by atoms with Crippen LogP contribution in [0.25, 0.3) is 0 Å². The molecule has 3 nitrogen and oxygen atoms in total. The van der Waals surface area contributed by atoms with Crippen LogP contribution in [0.5, 0.6) is 0 Å². The van der Waals surface area contributed by atoms with Crippen LogP contribution in [0.15, 0.2) is 0 Å². The largest absolute Gasteiger partial charge is 0.354 e. The predicted octanol–water partition coefficient (Wildman–Crippen LogP) is 0.745. The van der Waals surface area contributed by atoms with Gasteiger partial charge in [0.05, 0.1) is 6.61 Å². The highest BCUT2D eigenvalue weighted by Gasteiger charge is 2.48. The van der Waals surface area contributed by atoms with Crippen LogP contribution in [0.3, 0.4) is 0 Å². The van der Waals surface area contributed by atoms with Crippen molar-refractivity contribution in [2.75, 3.05) is 13.2 Å². The fourth-order valence-corrected chi connectivity index (χ4v) is 2.07. The third-order valence-electron chi connectivity index (χ3n) is 2.76. The lowest BCUT2D eigenvalue weighted by Crippen LogP contribution is -2.40. The Balaban J connectivity index is 2.25. The van der Waals surface area contributed by atoms with Crippen molar-refractivity contribution in [2.24, 2.45) is 0 Å². The highest BCUT2D eigenvalue weighted by Crippen LogP contribution is 2.37. The van der Waals surface area contributed by atoms with Gasteiger partial charge < -0.3 is 9.64 Å². The van der Waals surface area contributed by atoms with Gasteiger partial charge in [0.2, 0.25) is 5.91 Å². The van der Waals surface area contributed by atoms with Crippen LogP contribution in [0.2, 0.25) is 0 Å². The summed E-state index contributed by atoms with van der Waals surface area (Å²) in [4.78, 5) is 13.2. The zero-order chi connectivity index (χ0) is 7.90. The monoisotopic (exact) mass is 155 g/mol. The third-order valence-corrected chi connectivity index (χ3v) is 2.76. The highest BCUT2D eigenvalue weighted by molar-refractivity contribution is 5.79. The number of nitrogens with zero attached hydrogens (tertiary/aromatic N) is 1. The summed E-state index contributed by atoms with van der Waals surface area (Å²) >= 11 is 0. The molecule has 1 amide bonds. The fraction of sp³-hybridized carbons (Fsp3) is 0.875. The number of hydrogen-bond acceptors (Lipinski definition) is 2. The van der Waals surface area contributed by atoms with E-state index in [-0.39, 0.29) is 11.6 Å². The minimum atomic E-state index is -0.197. The van der Waals surface area contributed by atoms with Crippen LogP contribution >= 0.6 is 0 Å². The van der Waals surface area contributed by atoms with Gasteiger partial charge in [0.1, 0.15) is 5.72 Å². The van der Waals surface area contributed by atoms with E-state index >= 15 is 0 Å². The first-order chi connectivity index (χ1) is 5.28. The lowest BCUT2D eigenvalue weighted by atomic mass is 10.1. The van der Waals surface area contributed by atoms with Crippen molar-refractivity contribution >= 4 is 5.91 Å². The maximum Gasteiger partial charge on any atom is 0.225 e. The van der Waals surface area contributed by atoms with Gasteiger partial charge in [-0.1, -0.05) is 6.92 Å². The Morgan fingerprint density at radius 3 is 3.18 bits per heavy atom. The van der Waals surface area contributed by atoms with Gasteiger partial charge in [0.15, 0.2) is 0 Å². The summed E-state index contributed by atoms with van der Waals surface area (Å²) in [5, 5.41) is 0. The number of amides is 1. The topological polar surface area (TPSA) is 29.5 Å². The molecule has 0 spiro atoms. The normalized spacial score (nSPS) is 36.5. The molecule has 1 unspecified atom stereocenters. The van der Waals surface area contributed by atoms with Crippen molar-refractivity contribution in [1.29, 1.82) is 0 Å². The van der Waals surface area contributed by atoms with Crippen LogP contribution in [-0.4, -0.2) is 29.7 Å². The van der Waals surface area contributed by atoms with E-state index in [2.05, 4.69) is 6.92 Å². The molecule has 2 fully saturated rings. The molecule has 2 aliphatic rings. The summed E-state index contributed by atoms with van der Waals surface area (Å²) in [6.45, 7) is 3.60. The number of carbonyl (C=O) groups is 1. The quantitative estimate of drug-likeness (QED) is 0.559. The molecule has 62 valence electrons. The molecule has 0 aromatic heterocycles. The van der Waals surface area contributed by atoms with E-state index in [0.717, 1.165) is 26.0 Å². The first kappa shape index (κ1) is 7.10. The molecule has 2 rings (SSSR count). The van der Waals surface area contributed by atoms with E-state index < -0.39 is 0 Å². The molecule has 1 atom stereocenters. The summed E-state index contributed by atoms with van der Waals surface area (Å²) in [6.07, 6.45) is 2.49. The number of fused-ring (bicyclic) bond motifs is 1. The van der Waals surface area contributed by atoms with Crippen molar-refractivity contribution in [2.45, 2.75) is 31.9 Å². The average Bonchev–Trinajstić information content (AvgIpc) is 2.53. The molecule has 0 N–H and O–H groups in total. The molecule has 0 saturated carbocycles. The summed E-state index contributed by atoms with van der Waals surface area (Å²) < 4.78 is 5.59. The molecule has 2 saturated heterocycles. The fourth-order valence-electron chi connectivity index (χ4n) is 2.07. The van der Waals surface area contributed by atoms with Crippen molar-refractivity contribution < 1.29 is 9.53 Å². The van der Waals surface area contributed by atoms with Crippen LogP contribution in [-0.2, 0) is 9.53 Å². The SMILES string of the molecule is CCC12CCC(=O)N1CCO2. The van der Waals surface area contributed by atoms with Crippen molar-refractivity contribution in [3.05, 3.63) is 0 Å². The van der Waals surface area contributed by atoms with Gasteiger partial charge in [0, 0.05) is 19.4 Å². The third kappa shape index (κ3) is 0.805. The van der Waals surface area contributed by atoms with Gasteiger partial charge in [-0.25, -0.2) is 0 Å². The smallest absolute Gasteiger partial charge is 0.225 e. The molecule has 11 heavy (non-hydrogen) atoms. The van der Waals surface area contributed by atoms with Crippen LogP contribution < -0.4 is 0 Å². The van der Waals surface area contributed by atoms with E-state index in [1.165, 1.54) is 0 Å². The lowest BCUT2D eigenvalue weighted by Gasteiger charge is -2.28. The van der Waals surface area contributed by atoms with E-state index in [4.69, 9.17) is 4.74 Å². The summed E-state index contributed by atoms with van der Waals surface area (Å²) in [5.41, 5.74) is -0.197. The predicted molar refractivity (Wildman–Crippen MR) is 39.9 cm³/mol.